The lowest BCUT2D eigenvalue weighted by Gasteiger charge is -2.10. The van der Waals surface area contributed by atoms with E-state index in [1.54, 1.807) is 0 Å². The van der Waals surface area contributed by atoms with Crippen molar-refractivity contribution >= 4 is 5.91 Å². The Hall–Kier alpha value is -2.87. The molecule has 0 bridgehead atoms. The number of hydrogen-bond acceptors (Lipinski definition) is 1. The van der Waals surface area contributed by atoms with E-state index in [2.05, 4.69) is 29.6 Å². The third kappa shape index (κ3) is 4.32. The largest absolute Gasteiger partial charge is 0.352 e. The summed E-state index contributed by atoms with van der Waals surface area (Å²) >= 11 is 0. The topological polar surface area (TPSA) is 29.1 Å². The van der Waals surface area contributed by atoms with Gasteiger partial charge in [-0.25, -0.2) is 0 Å². The van der Waals surface area contributed by atoms with E-state index in [0.29, 0.717) is 6.54 Å². The van der Waals surface area contributed by atoms with Crippen LogP contribution in [0.25, 0.3) is 0 Å². The van der Waals surface area contributed by atoms with Crippen molar-refractivity contribution in [2.75, 3.05) is 6.54 Å². The summed E-state index contributed by atoms with van der Waals surface area (Å²) in [6.45, 7) is 0.641. The van der Waals surface area contributed by atoms with Gasteiger partial charge in [0.25, 0.3) is 5.91 Å². The van der Waals surface area contributed by atoms with Crippen LogP contribution in [0.2, 0.25) is 0 Å². The van der Waals surface area contributed by atoms with Crippen LogP contribution in [0.3, 0.4) is 0 Å². The number of hydrogen-bond donors (Lipinski definition) is 1. The molecule has 0 aliphatic heterocycles. The number of amides is 1. The molecule has 24 heavy (non-hydrogen) atoms. The van der Waals surface area contributed by atoms with Crippen LogP contribution in [-0.2, 0) is 12.8 Å². The molecule has 1 amide bonds. The van der Waals surface area contributed by atoms with E-state index in [1.165, 1.54) is 11.1 Å². The third-order valence-electron chi connectivity index (χ3n) is 4.04. The zero-order chi connectivity index (χ0) is 16.6. The average molecular weight is 315 g/mol. The van der Waals surface area contributed by atoms with Crippen molar-refractivity contribution in [2.45, 2.75) is 12.8 Å². The predicted molar refractivity (Wildman–Crippen MR) is 98.2 cm³/mol. The van der Waals surface area contributed by atoms with Gasteiger partial charge >= 0.3 is 0 Å². The number of carbonyl (C=O) groups excluding carboxylic acids is 1. The van der Waals surface area contributed by atoms with Gasteiger partial charge in [-0.2, -0.15) is 0 Å². The molecule has 1 N–H and O–H groups in total. The molecule has 0 saturated heterocycles. The quantitative estimate of drug-likeness (QED) is 0.724. The van der Waals surface area contributed by atoms with E-state index < -0.39 is 0 Å². The molecule has 2 heteroatoms. The van der Waals surface area contributed by atoms with Crippen LogP contribution >= 0.6 is 0 Å². The summed E-state index contributed by atoms with van der Waals surface area (Å²) in [6.07, 6.45) is 1.61. The monoisotopic (exact) mass is 315 g/mol. The summed E-state index contributed by atoms with van der Waals surface area (Å²) in [5, 5.41) is 3.03. The van der Waals surface area contributed by atoms with Crippen molar-refractivity contribution in [1.29, 1.82) is 0 Å². The Morgan fingerprint density at radius 2 is 1.29 bits per heavy atom. The van der Waals surface area contributed by atoms with E-state index >= 15 is 0 Å². The fourth-order valence-corrected chi connectivity index (χ4v) is 2.77. The van der Waals surface area contributed by atoms with Gasteiger partial charge in [-0.15, -0.1) is 0 Å². The average Bonchev–Trinajstić information content (AvgIpc) is 2.64. The van der Waals surface area contributed by atoms with Crippen molar-refractivity contribution < 1.29 is 4.79 Å². The van der Waals surface area contributed by atoms with Gasteiger partial charge < -0.3 is 5.32 Å². The molecule has 0 unspecified atom stereocenters. The molecule has 0 radical (unpaired) electrons. The molecular formula is C22H21NO. The Kier molecular flexibility index (Phi) is 5.41. The second-order valence-corrected chi connectivity index (χ2v) is 5.81. The lowest BCUT2D eigenvalue weighted by molar-refractivity contribution is 0.0953. The molecule has 3 rings (SSSR count). The predicted octanol–water partition coefficient (Wildman–Crippen LogP) is 4.25. The number of carbonyl (C=O) groups is 1. The van der Waals surface area contributed by atoms with Gasteiger partial charge in [0, 0.05) is 12.1 Å². The van der Waals surface area contributed by atoms with Gasteiger partial charge in [-0.1, -0.05) is 78.9 Å². The Bertz CT molecular complexity index is 781. The fourth-order valence-electron chi connectivity index (χ4n) is 2.77. The van der Waals surface area contributed by atoms with Crippen LogP contribution in [-0.4, -0.2) is 12.5 Å². The zero-order valence-electron chi connectivity index (χ0n) is 13.6. The minimum absolute atomic E-state index is 0.00235. The van der Waals surface area contributed by atoms with Crippen LogP contribution in [0.5, 0.6) is 0 Å². The minimum atomic E-state index is -0.00235. The van der Waals surface area contributed by atoms with Crippen molar-refractivity contribution in [1.82, 2.24) is 5.32 Å². The maximum absolute atomic E-state index is 12.5. The maximum Gasteiger partial charge on any atom is 0.251 e. The Morgan fingerprint density at radius 3 is 2.00 bits per heavy atom. The molecule has 0 aliphatic rings. The first-order chi connectivity index (χ1) is 11.8. The van der Waals surface area contributed by atoms with Gasteiger partial charge in [-0.3, -0.25) is 4.79 Å². The smallest absolute Gasteiger partial charge is 0.251 e. The van der Waals surface area contributed by atoms with Crippen LogP contribution in [0.1, 0.15) is 27.0 Å². The molecule has 0 atom stereocenters. The highest BCUT2D eigenvalue weighted by Crippen LogP contribution is 2.14. The van der Waals surface area contributed by atoms with Crippen molar-refractivity contribution in [3.8, 4) is 0 Å². The number of rotatable bonds is 6. The highest BCUT2D eigenvalue weighted by atomic mass is 16.1. The molecule has 0 spiro atoms. The normalized spacial score (nSPS) is 10.3. The highest BCUT2D eigenvalue weighted by Gasteiger charge is 2.10. The first-order valence-electron chi connectivity index (χ1n) is 8.27. The van der Waals surface area contributed by atoms with Crippen molar-refractivity contribution in [2.24, 2.45) is 0 Å². The molecule has 0 aromatic heterocycles. The SMILES string of the molecule is O=C(NCCc1ccccc1)c1ccccc1Cc1ccccc1. The van der Waals surface area contributed by atoms with E-state index in [4.69, 9.17) is 0 Å². The second kappa shape index (κ2) is 8.11. The zero-order valence-corrected chi connectivity index (χ0v) is 13.6. The van der Waals surface area contributed by atoms with Crippen LogP contribution in [0.15, 0.2) is 84.9 Å². The van der Waals surface area contributed by atoms with E-state index in [1.807, 2.05) is 60.7 Å². The molecule has 0 heterocycles. The summed E-state index contributed by atoms with van der Waals surface area (Å²) in [7, 11) is 0. The first-order valence-corrected chi connectivity index (χ1v) is 8.27. The molecule has 3 aromatic rings. The van der Waals surface area contributed by atoms with Crippen LogP contribution in [0, 0.1) is 0 Å². The van der Waals surface area contributed by atoms with Crippen LogP contribution < -0.4 is 5.32 Å². The summed E-state index contributed by atoms with van der Waals surface area (Å²) in [5.41, 5.74) is 4.26. The summed E-state index contributed by atoms with van der Waals surface area (Å²) in [4.78, 5) is 12.5. The summed E-state index contributed by atoms with van der Waals surface area (Å²) in [6, 6.07) is 28.3. The van der Waals surface area contributed by atoms with E-state index in [0.717, 1.165) is 24.0 Å². The molecule has 0 aliphatic carbocycles. The summed E-state index contributed by atoms with van der Waals surface area (Å²) in [5.74, 6) is -0.00235. The first kappa shape index (κ1) is 16.0. The van der Waals surface area contributed by atoms with Crippen molar-refractivity contribution in [3.63, 3.8) is 0 Å². The molecule has 0 fully saturated rings. The second-order valence-electron chi connectivity index (χ2n) is 5.81. The third-order valence-corrected chi connectivity index (χ3v) is 4.04. The Labute approximate surface area is 143 Å². The van der Waals surface area contributed by atoms with Gasteiger partial charge in [0.2, 0.25) is 0 Å². The summed E-state index contributed by atoms with van der Waals surface area (Å²) < 4.78 is 0. The fraction of sp³-hybridized carbons (Fsp3) is 0.136. The number of benzene rings is 3. The van der Waals surface area contributed by atoms with Gasteiger partial charge in [0.1, 0.15) is 0 Å². The van der Waals surface area contributed by atoms with Gasteiger partial charge in [0.05, 0.1) is 0 Å². The van der Waals surface area contributed by atoms with Crippen molar-refractivity contribution in [3.05, 3.63) is 107 Å². The maximum atomic E-state index is 12.5. The lowest BCUT2D eigenvalue weighted by atomic mass is 9.99. The molecule has 2 nitrogen and oxygen atoms in total. The lowest BCUT2D eigenvalue weighted by Crippen LogP contribution is -2.26. The minimum Gasteiger partial charge on any atom is -0.352 e. The molecule has 3 aromatic carbocycles. The molecule has 120 valence electrons. The molecule has 0 saturated carbocycles. The number of nitrogens with one attached hydrogen (secondary N) is 1. The van der Waals surface area contributed by atoms with E-state index in [-0.39, 0.29) is 5.91 Å². The highest BCUT2D eigenvalue weighted by molar-refractivity contribution is 5.95. The Morgan fingerprint density at radius 1 is 0.708 bits per heavy atom. The van der Waals surface area contributed by atoms with Crippen LogP contribution in [0.4, 0.5) is 0 Å². The molecular weight excluding hydrogens is 294 g/mol. The van der Waals surface area contributed by atoms with E-state index in [9.17, 15) is 4.79 Å². The standard InChI is InChI=1S/C22H21NO/c24-22(23-16-15-18-9-3-1-4-10-18)21-14-8-7-13-20(21)17-19-11-5-2-6-12-19/h1-14H,15-17H2,(H,23,24). The van der Waals surface area contributed by atoms with Gasteiger partial charge in [0.15, 0.2) is 0 Å². The van der Waals surface area contributed by atoms with Gasteiger partial charge in [-0.05, 0) is 35.6 Å². The Balaban J connectivity index is 1.64.